The number of urea groups is 1. The van der Waals surface area contributed by atoms with Crippen molar-refractivity contribution in [2.75, 3.05) is 6.54 Å². The summed E-state index contributed by atoms with van der Waals surface area (Å²) < 4.78 is 5.21. The molecule has 0 aliphatic heterocycles. The zero-order valence-corrected chi connectivity index (χ0v) is 10.2. The predicted octanol–water partition coefficient (Wildman–Crippen LogP) is 1.66. The molecule has 0 bridgehead atoms. The summed E-state index contributed by atoms with van der Waals surface area (Å²) in [4.78, 5) is 22.1. The van der Waals surface area contributed by atoms with Gasteiger partial charge in [-0.15, -0.1) is 6.58 Å². The molecule has 0 aromatic carbocycles. The average molecular weight is 252 g/mol. The Labute approximate surface area is 105 Å². The molecule has 98 valence electrons. The number of nitrogens with one attached hydrogen (secondary N) is 2. The average Bonchev–Trinajstić information content (AvgIpc) is 2.68. The molecule has 3 N–H and O–H groups in total. The fourth-order valence-corrected chi connectivity index (χ4v) is 1.36. The summed E-state index contributed by atoms with van der Waals surface area (Å²) in [5.41, 5.74) is 0.110. The van der Waals surface area contributed by atoms with E-state index in [-0.39, 0.29) is 18.1 Å². The van der Waals surface area contributed by atoms with Crippen molar-refractivity contribution in [1.29, 1.82) is 0 Å². The number of hydrogen-bond acceptors (Lipinski definition) is 3. The zero-order chi connectivity index (χ0) is 13.5. The Morgan fingerprint density at radius 3 is 2.78 bits per heavy atom. The van der Waals surface area contributed by atoms with Crippen LogP contribution in [0, 0.1) is 6.92 Å². The number of carboxylic acid groups (broad SMARTS) is 1. The van der Waals surface area contributed by atoms with Gasteiger partial charge in [-0.1, -0.05) is 6.08 Å². The Morgan fingerprint density at radius 1 is 1.50 bits per heavy atom. The maximum atomic E-state index is 11.3. The van der Waals surface area contributed by atoms with Crippen molar-refractivity contribution in [3.8, 4) is 0 Å². The van der Waals surface area contributed by atoms with Crippen molar-refractivity contribution in [3.63, 3.8) is 0 Å². The van der Waals surface area contributed by atoms with Gasteiger partial charge in [0, 0.05) is 6.54 Å². The summed E-state index contributed by atoms with van der Waals surface area (Å²) >= 11 is 0. The van der Waals surface area contributed by atoms with E-state index in [4.69, 9.17) is 9.52 Å². The topological polar surface area (TPSA) is 91.6 Å². The molecule has 0 fully saturated rings. The Hall–Kier alpha value is -2.24. The first kappa shape index (κ1) is 13.8. The quantitative estimate of drug-likeness (QED) is 0.530. The third-order valence-electron chi connectivity index (χ3n) is 2.26. The fourth-order valence-electron chi connectivity index (χ4n) is 1.36. The second-order valence-corrected chi connectivity index (χ2v) is 3.67. The Morgan fingerprint density at radius 2 is 2.22 bits per heavy atom. The molecule has 1 aromatic rings. The standard InChI is InChI=1S/C12H16N2O4/c1-3-4-5-13-12(17)14-7-9-6-10(11(15)16)8(2)18-9/h3,6H,1,4-5,7H2,2H3,(H,15,16)(H2,13,14,17). The highest BCUT2D eigenvalue weighted by molar-refractivity contribution is 5.88. The van der Waals surface area contributed by atoms with Gasteiger partial charge < -0.3 is 20.2 Å². The van der Waals surface area contributed by atoms with Crippen LogP contribution in [0.3, 0.4) is 0 Å². The molecule has 6 heteroatoms. The van der Waals surface area contributed by atoms with Gasteiger partial charge in [0.1, 0.15) is 17.1 Å². The first-order valence-corrected chi connectivity index (χ1v) is 5.49. The van der Waals surface area contributed by atoms with Crippen LogP contribution in [-0.2, 0) is 6.54 Å². The molecule has 1 rings (SSSR count). The van der Waals surface area contributed by atoms with Crippen LogP contribution in [0.2, 0.25) is 0 Å². The smallest absolute Gasteiger partial charge is 0.339 e. The van der Waals surface area contributed by atoms with Gasteiger partial charge in [0.15, 0.2) is 0 Å². The molecule has 0 radical (unpaired) electrons. The second-order valence-electron chi connectivity index (χ2n) is 3.67. The molecule has 0 aliphatic carbocycles. The van der Waals surface area contributed by atoms with Crippen LogP contribution in [0.1, 0.15) is 28.3 Å². The third-order valence-corrected chi connectivity index (χ3v) is 2.26. The maximum absolute atomic E-state index is 11.3. The minimum Gasteiger partial charge on any atom is -0.478 e. The van der Waals surface area contributed by atoms with Crippen LogP contribution in [0.4, 0.5) is 4.79 Å². The lowest BCUT2D eigenvalue weighted by Crippen LogP contribution is -2.35. The molecule has 1 aromatic heterocycles. The second kappa shape index (κ2) is 6.48. The number of aromatic carboxylic acids is 1. The van der Waals surface area contributed by atoms with E-state index in [2.05, 4.69) is 17.2 Å². The molecule has 18 heavy (non-hydrogen) atoms. The summed E-state index contributed by atoms with van der Waals surface area (Å²) in [7, 11) is 0. The van der Waals surface area contributed by atoms with E-state index in [0.29, 0.717) is 24.5 Å². The number of rotatable bonds is 6. The van der Waals surface area contributed by atoms with Crippen LogP contribution in [0.5, 0.6) is 0 Å². The SMILES string of the molecule is C=CCCNC(=O)NCc1cc(C(=O)O)c(C)o1. The van der Waals surface area contributed by atoms with Crippen molar-refractivity contribution in [2.45, 2.75) is 19.9 Å². The first-order valence-electron chi connectivity index (χ1n) is 5.49. The Bertz CT molecular complexity index is 451. The molecule has 2 amide bonds. The summed E-state index contributed by atoms with van der Waals surface area (Å²) in [6, 6.07) is 1.07. The van der Waals surface area contributed by atoms with Crippen molar-refractivity contribution in [3.05, 3.63) is 35.8 Å². The normalized spacial score (nSPS) is 9.83. The van der Waals surface area contributed by atoms with E-state index in [1.165, 1.54) is 6.07 Å². The lowest BCUT2D eigenvalue weighted by Gasteiger charge is -2.04. The van der Waals surface area contributed by atoms with Crippen LogP contribution < -0.4 is 10.6 Å². The predicted molar refractivity (Wildman–Crippen MR) is 65.5 cm³/mol. The highest BCUT2D eigenvalue weighted by atomic mass is 16.4. The molecule has 0 saturated carbocycles. The van der Waals surface area contributed by atoms with Crippen LogP contribution in [0.25, 0.3) is 0 Å². The Kier molecular flexibility index (Phi) is 4.98. The number of amides is 2. The molecule has 0 atom stereocenters. The largest absolute Gasteiger partial charge is 0.478 e. The van der Waals surface area contributed by atoms with Gasteiger partial charge >= 0.3 is 12.0 Å². The van der Waals surface area contributed by atoms with E-state index >= 15 is 0 Å². The minimum absolute atomic E-state index is 0.110. The molecule has 0 unspecified atom stereocenters. The monoisotopic (exact) mass is 252 g/mol. The van der Waals surface area contributed by atoms with E-state index in [1.807, 2.05) is 0 Å². The number of carbonyl (C=O) groups is 2. The lowest BCUT2D eigenvalue weighted by molar-refractivity contribution is 0.0695. The highest BCUT2D eigenvalue weighted by Crippen LogP contribution is 2.14. The van der Waals surface area contributed by atoms with Gasteiger partial charge in [-0.25, -0.2) is 9.59 Å². The van der Waals surface area contributed by atoms with Gasteiger partial charge in [0.25, 0.3) is 0 Å². The molecule has 0 spiro atoms. The van der Waals surface area contributed by atoms with Crippen LogP contribution in [-0.4, -0.2) is 23.7 Å². The Balaban J connectivity index is 2.43. The summed E-state index contributed by atoms with van der Waals surface area (Å²) in [6.07, 6.45) is 2.39. The molecule has 6 nitrogen and oxygen atoms in total. The summed E-state index contributed by atoms with van der Waals surface area (Å²) in [5.74, 6) is -0.312. The van der Waals surface area contributed by atoms with Gasteiger partial charge in [0.05, 0.1) is 6.54 Å². The van der Waals surface area contributed by atoms with Gasteiger partial charge in [0.2, 0.25) is 0 Å². The maximum Gasteiger partial charge on any atom is 0.339 e. The molecule has 1 heterocycles. The number of carbonyl (C=O) groups excluding carboxylic acids is 1. The van der Waals surface area contributed by atoms with Crippen LogP contribution in [0.15, 0.2) is 23.1 Å². The third kappa shape index (κ3) is 3.97. The van der Waals surface area contributed by atoms with Crippen LogP contribution >= 0.6 is 0 Å². The lowest BCUT2D eigenvalue weighted by atomic mass is 10.2. The summed E-state index contributed by atoms with van der Waals surface area (Å²) in [5, 5.41) is 14.0. The molecule has 0 aliphatic rings. The molecular formula is C12H16N2O4. The van der Waals surface area contributed by atoms with Gasteiger partial charge in [-0.3, -0.25) is 0 Å². The number of carboxylic acids is 1. The van der Waals surface area contributed by atoms with Gasteiger partial charge in [-0.05, 0) is 19.4 Å². The number of hydrogen-bond donors (Lipinski definition) is 3. The van der Waals surface area contributed by atoms with E-state index in [9.17, 15) is 9.59 Å². The van der Waals surface area contributed by atoms with E-state index in [0.717, 1.165) is 0 Å². The van der Waals surface area contributed by atoms with Crippen molar-refractivity contribution < 1.29 is 19.1 Å². The minimum atomic E-state index is -1.04. The summed E-state index contributed by atoms with van der Waals surface area (Å²) in [6.45, 7) is 5.76. The van der Waals surface area contributed by atoms with E-state index in [1.54, 1.807) is 13.0 Å². The van der Waals surface area contributed by atoms with Crippen molar-refractivity contribution in [1.82, 2.24) is 10.6 Å². The molecule has 0 saturated heterocycles. The zero-order valence-electron chi connectivity index (χ0n) is 10.2. The first-order chi connectivity index (χ1) is 8.54. The van der Waals surface area contributed by atoms with Crippen molar-refractivity contribution >= 4 is 12.0 Å². The van der Waals surface area contributed by atoms with Crippen molar-refractivity contribution in [2.24, 2.45) is 0 Å². The number of furan rings is 1. The fraction of sp³-hybridized carbons (Fsp3) is 0.333. The highest BCUT2D eigenvalue weighted by Gasteiger charge is 2.13. The van der Waals surface area contributed by atoms with E-state index < -0.39 is 5.97 Å². The molecular weight excluding hydrogens is 236 g/mol. The van der Waals surface area contributed by atoms with Gasteiger partial charge in [-0.2, -0.15) is 0 Å². The number of aryl methyl sites for hydroxylation is 1.